The summed E-state index contributed by atoms with van der Waals surface area (Å²) in [5.41, 5.74) is 0.817. The van der Waals surface area contributed by atoms with Crippen molar-refractivity contribution in [3.63, 3.8) is 0 Å². The molecule has 0 spiro atoms. The van der Waals surface area contributed by atoms with Gasteiger partial charge in [0.25, 0.3) is 5.95 Å². The first-order chi connectivity index (χ1) is 13.6. The van der Waals surface area contributed by atoms with E-state index < -0.39 is 0 Å². The number of nitrogens with zero attached hydrogens (tertiary/aromatic N) is 1. The van der Waals surface area contributed by atoms with Crippen molar-refractivity contribution in [3.8, 4) is 11.7 Å². The zero-order valence-electron chi connectivity index (χ0n) is 15.9. The Morgan fingerprint density at radius 3 is 2.46 bits per heavy atom. The molecule has 3 saturated carbocycles. The quantitative estimate of drug-likeness (QED) is 0.823. The van der Waals surface area contributed by atoms with Crippen LogP contribution in [0.15, 0.2) is 40.8 Å². The van der Waals surface area contributed by atoms with E-state index >= 15 is 0 Å². The lowest BCUT2D eigenvalue weighted by atomic mass is 9.41. The molecule has 3 aliphatic carbocycles. The van der Waals surface area contributed by atoms with Crippen LogP contribution in [0.25, 0.3) is 0 Å². The van der Waals surface area contributed by atoms with Gasteiger partial charge < -0.3 is 23.5 Å². The normalized spacial score (nSPS) is 28.2. The van der Waals surface area contributed by atoms with Gasteiger partial charge in [-0.3, -0.25) is 10.1 Å². The standard InChI is InChI=1S/C21H24N2O5/c1-25-21-12-20(13-21,14-21)19(24)22-17-6-7-18(28-17)27-16-4-2-15(3-5-16)23-8-10-26-11-9-23/h2-7H,8-14H2,1H3,(H,22,24). The van der Waals surface area contributed by atoms with Crippen molar-refractivity contribution in [3.05, 3.63) is 36.4 Å². The number of furan rings is 1. The molecule has 1 N–H and O–H groups in total. The summed E-state index contributed by atoms with van der Waals surface area (Å²) in [6, 6.07) is 11.3. The number of ether oxygens (including phenoxy) is 3. The molecule has 7 nitrogen and oxygen atoms in total. The minimum absolute atomic E-state index is 0.00203. The molecule has 1 aromatic heterocycles. The van der Waals surface area contributed by atoms with Crippen LogP contribution in [0, 0.1) is 5.41 Å². The maximum atomic E-state index is 12.5. The second kappa shape index (κ2) is 6.53. The molecule has 1 saturated heterocycles. The van der Waals surface area contributed by atoms with Gasteiger partial charge >= 0.3 is 0 Å². The molecule has 6 rings (SSSR count). The van der Waals surface area contributed by atoms with E-state index in [1.54, 1.807) is 19.2 Å². The number of benzene rings is 1. The summed E-state index contributed by atoms with van der Waals surface area (Å²) in [5.74, 6) is 1.44. The summed E-state index contributed by atoms with van der Waals surface area (Å²) >= 11 is 0. The van der Waals surface area contributed by atoms with Gasteiger partial charge in [-0.05, 0) is 43.5 Å². The van der Waals surface area contributed by atoms with Gasteiger partial charge in [0, 0.05) is 38.0 Å². The van der Waals surface area contributed by atoms with E-state index in [0.717, 1.165) is 51.3 Å². The number of amides is 1. The predicted molar refractivity (Wildman–Crippen MR) is 103 cm³/mol. The molecule has 4 fully saturated rings. The van der Waals surface area contributed by atoms with Crippen LogP contribution < -0.4 is 15.0 Å². The van der Waals surface area contributed by atoms with Crippen LogP contribution in [0.3, 0.4) is 0 Å². The van der Waals surface area contributed by atoms with Gasteiger partial charge in [0.2, 0.25) is 11.8 Å². The first-order valence-corrected chi connectivity index (χ1v) is 9.67. The molecule has 4 aliphatic rings. The summed E-state index contributed by atoms with van der Waals surface area (Å²) in [6.07, 6.45) is 2.38. The Kier molecular flexibility index (Phi) is 4.10. The average molecular weight is 384 g/mol. The zero-order chi connectivity index (χ0) is 19.2. The Morgan fingerprint density at radius 2 is 1.79 bits per heavy atom. The Hall–Kier alpha value is -2.51. The van der Waals surface area contributed by atoms with Crippen LogP contribution in [0.5, 0.6) is 11.7 Å². The van der Waals surface area contributed by atoms with E-state index in [1.807, 2.05) is 24.3 Å². The maximum Gasteiger partial charge on any atom is 0.291 e. The molecule has 28 heavy (non-hydrogen) atoms. The van der Waals surface area contributed by atoms with Gasteiger partial charge in [0.15, 0.2) is 0 Å². The molecular formula is C21H24N2O5. The second-order valence-electron chi connectivity index (χ2n) is 7.97. The molecule has 1 amide bonds. The monoisotopic (exact) mass is 384 g/mol. The fourth-order valence-electron chi connectivity index (χ4n) is 4.50. The molecular weight excluding hydrogens is 360 g/mol. The number of methoxy groups -OCH3 is 1. The van der Waals surface area contributed by atoms with Gasteiger partial charge in [0.1, 0.15) is 5.75 Å². The Labute approximate surface area is 163 Å². The molecule has 0 atom stereocenters. The number of rotatable bonds is 6. The van der Waals surface area contributed by atoms with Gasteiger partial charge in [-0.15, -0.1) is 0 Å². The third kappa shape index (κ3) is 2.95. The fourth-order valence-corrected chi connectivity index (χ4v) is 4.50. The number of hydrogen-bond donors (Lipinski definition) is 1. The van der Waals surface area contributed by atoms with Crippen LogP contribution in [0.4, 0.5) is 11.6 Å². The van der Waals surface area contributed by atoms with Crippen molar-refractivity contribution in [1.82, 2.24) is 0 Å². The van der Waals surface area contributed by atoms with Gasteiger partial charge in [0.05, 0.1) is 24.2 Å². The highest BCUT2D eigenvalue weighted by molar-refractivity contribution is 5.97. The summed E-state index contributed by atoms with van der Waals surface area (Å²) in [7, 11) is 1.71. The van der Waals surface area contributed by atoms with Crippen molar-refractivity contribution in [2.75, 3.05) is 43.6 Å². The van der Waals surface area contributed by atoms with Gasteiger partial charge in [-0.2, -0.15) is 0 Å². The van der Waals surface area contributed by atoms with Crippen LogP contribution in [-0.2, 0) is 14.3 Å². The number of carbonyl (C=O) groups excluding carboxylic acids is 1. The van der Waals surface area contributed by atoms with E-state index in [4.69, 9.17) is 18.6 Å². The van der Waals surface area contributed by atoms with E-state index in [9.17, 15) is 4.79 Å². The average Bonchev–Trinajstić information content (AvgIpc) is 3.08. The minimum Gasteiger partial charge on any atom is -0.426 e. The summed E-state index contributed by atoms with van der Waals surface area (Å²) in [5, 5.41) is 2.86. The maximum absolute atomic E-state index is 12.5. The Balaban J connectivity index is 1.17. The van der Waals surface area contributed by atoms with E-state index in [-0.39, 0.29) is 16.9 Å². The van der Waals surface area contributed by atoms with E-state index in [0.29, 0.717) is 17.6 Å². The summed E-state index contributed by atoms with van der Waals surface area (Å²) in [6.45, 7) is 3.31. The molecule has 2 aromatic rings. The fraction of sp³-hybridized carbons (Fsp3) is 0.476. The molecule has 2 heterocycles. The summed E-state index contributed by atoms with van der Waals surface area (Å²) < 4.78 is 22.2. The highest BCUT2D eigenvalue weighted by Gasteiger charge is 2.72. The largest absolute Gasteiger partial charge is 0.426 e. The molecule has 148 valence electrons. The van der Waals surface area contributed by atoms with E-state index in [2.05, 4.69) is 10.2 Å². The van der Waals surface area contributed by atoms with Crippen LogP contribution >= 0.6 is 0 Å². The number of anilines is 2. The lowest BCUT2D eigenvalue weighted by Gasteiger charge is -2.67. The number of carbonyl (C=O) groups is 1. The number of morpholine rings is 1. The van der Waals surface area contributed by atoms with Crippen molar-refractivity contribution in [2.45, 2.75) is 24.9 Å². The topological polar surface area (TPSA) is 73.2 Å². The highest BCUT2D eigenvalue weighted by Crippen LogP contribution is 2.69. The minimum atomic E-state index is -0.279. The van der Waals surface area contributed by atoms with Crippen LogP contribution in [0.2, 0.25) is 0 Å². The molecule has 0 radical (unpaired) electrons. The third-order valence-electron chi connectivity index (χ3n) is 6.15. The zero-order valence-corrected chi connectivity index (χ0v) is 15.9. The lowest BCUT2D eigenvalue weighted by Crippen LogP contribution is -2.72. The van der Waals surface area contributed by atoms with Gasteiger partial charge in [-0.1, -0.05) is 0 Å². The SMILES string of the molecule is COC12CC(C(=O)Nc3ccc(Oc4ccc(N5CCOCC5)cc4)o3)(C1)C2. The predicted octanol–water partition coefficient (Wildman–Crippen LogP) is 3.42. The molecule has 7 heteroatoms. The first kappa shape index (κ1) is 17.6. The molecule has 0 unspecified atom stereocenters. The van der Waals surface area contributed by atoms with Crippen molar-refractivity contribution in [1.29, 1.82) is 0 Å². The Bertz CT molecular complexity index is 849. The van der Waals surface area contributed by atoms with Crippen molar-refractivity contribution >= 4 is 17.5 Å². The van der Waals surface area contributed by atoms with Crippen molar-refractivity contribution in [2.24, 2.45) is 5.41 Å². The Morgan fingerprint density at radius 1 is 1.07 bits per heavy atom. The van der Waals surface area contributed by atoms with Crippen molar-refractivity contribution < 1.29 is 23.4 Å². The highest BCUT2D eigenvalue weighted by atomic mass is 16.6. The second-order valence-corrected chi connectivity index (χ2v) is 7.97. The van der Waals surface area contributed by atoms with E-state index in [1.165, 1.54) is 0 Å². The molecule has 2 bridgehead atoms. The van der Waals surface area contributed by atoms with Crippen LogP contribution in [-0.4, -0.2) is 44.9 Å². The first-order valence-electron chi connectivity index (χ1n) is 9.67. The molecule has 1 aliphatic heterocycles. The smallest absolute Gasteiger partial charge is 0.291 e. The van der Waals surface area contributed by atoms with Gasteiger partial charge in [-0.25, -0.2) is 0 Å². The van der Waals surface area contributed by atoms with Crippen LogP contribution in [0.1, 0.15) is 19.3 Å². The lowest BCUT2D eigenvalue weighted by molar-refractivity contribution is -0.260. The number of hydrogen-bond acceptors (Lipinski definition) is 6. The summed E-state index contributed by atoms with van der Waals surface area (Å²) in [4.78, 5) is 14.8. The molecule has 1 aromatic carbocycles. The third-order valence-corrected chi connectivity index (χ3v) is 6.15. The number of nitrogens with one attached hydrogen (secondary N) is 1.